The molecule has 0 aliphatic rings. The number of halogens is 1. The van der Waals surface area contributed by atoms with Gasteiger partial charge in [0.2, 0.25) is 0 Å². The molecule has 5 aromatic rings. The lowest BCUT2D eigenvalue weighted by atomic mass is 10.3. The maximum absolute atomic E-state index is 13.2. The minimum atomic E-state index is -0.157. The molecule has 6 nitrogen and oxygen atoms in total. The van der Waals surface area contributed by atoms with Gasteiger partial charge in [-0.05, 0) is 36.4 Å². The molecule has 0 bridgehead atoms. The highest BCUT2D eigenvalue weighted by molar-refractivity contribution is 9.10. The molecule has 0 aliphatic carbocycles. The van der Waals surface area contributed by atoms with Gasteiger partial charge in [-0.15, -0.1) is 6.58 Å². The van der Waals surface area contributed by atoms with Gasteiger partial charge in [-0.25, -0.2) is 15.0 Å². The quantitative estimate of drug-likeness (QED) is 0.401. The van der Waals surface area contributed by atoms with E-state index in [0.717, 1.165) is 21.2 Å². The van der Waals surface area contributed by atoms with Crippen molar-refractivity contribution in [2.24, 2.45) is 0 Å². The molecule has 0 fully saturated rings. The molecule has 3 aromatic heterocycles. The molecule has 0 radical (unpaired) electrons. The average Bonchev–Trinajstić information content (AvgIpc) is 3.03. The summed E-state index contributed by atoms with van der Waals surface area (Å²) in [4.78, 5) is 27.3. The van der Waals surface area contributed by atoms with Crippen LogP contribution in [-0.2, 0) is 6.54 Å². The first-order chi connectivity index (χ1) is 13.7. The third-order valence-electron chi connectivity index (χ3n) is 4.64. The summed E-state index contributed by atoms with van der Waals surface area (Å²) in [5.74, 6) is 0. The standard InChI is InChI=1S/C21H14BrN5O/c1-2-11-26-12-23-19-17(21(26)28)18-20(25-16-6-4-3-5-15(16)24-18)27(19)14-9-7-13(22)8-10-14/h2-10,12H,1,11H2. The van der Waals surface area contributed by atoms with Crippen LogP contribution in [0.5, 0.6) is 0 Å². The summed E-state index contributed by atoms with van der Waals surface area (Å²) in [5, 5.41) is 0.459. The molecular weight excluding hydrogens is 418 g/mol. The monoisotopic (exact) mass is 431 g/mol. The van der Waals surface area contributed by atoms with Crippen LogP contribution in [0.2, 0.25) is 0 Å². The van der Waals surface area contributed by atoms with Crippen LogP contribution < -0.4 is 5.56 Å². The topological polar surface area (TPSA) is 65.6 Å². The third kappa shape index (κ3) is 2.47. The molecular formula is C21H14BrN5O. The molecule has 0 amide bonds. The van der Waals surface area contributed by atoms with E-state index in [1.807, 2.05) is 53.1 Å². The van der Waals surface area contributed by atoms with Crippen molar-refractivity contribution in [3.05, 3.63) is 82.3 Å². The highest BCUT2D eigenvalue weighted by Crippen LogP contribution is 2.28. The number of fused-ring (bicyclic) bond motifs is 4. The van der Waals surface area contributed by atoms with Gasteiger partial charge in [-0.1, -0.05) is 34.1 Å². The molecule has 28 heavy (non-hydrogen) atoms. The van der Waals surface area contributed by atoms with Crippen LogP contribution in [0.1, 0.15) is 0 Å². The largest absolute Gasteiger partial charge is 0.295 e. The molecule has 0 aliphatic heterocycles. The Labute approximate surface area is 167 Å². The summed E-state index contributed by atoms with van der Waals surface area (Å²) in [7, 11) is 0. The predicted octanol–water partition coefficient (Wildman–Crippen LogP) is 4.23. The predicted molar refractivity (Wildman–Crippen MR) is 114 cm³/mol. The van der Waals surface area contributed by atoms with E-state index in [9.17, 15) is 4.79 Å². The molecule has 3 heterocycles. The molecule has 0 saturated heterocycles. The molecule has 7 heteroatoms. The van der Waals surface area contributed by atoms with Crippen LogP contribution in [0, 0.1) is 0 Å². The molecule has 0 N–H and O–H groups in total. The molecule has 2 aromatic carbocycles. The van der Waals surface area contributed by atoms with Crippen LogP contribution in [0.3, 0.4) is 0 Å². The van der Waals surface area contributed by atoms with E-state index in [4.69, 9.17) is 9.97 Å². The van der Waals surface area contributed by atoms with Crippen molar-refractivity contribution in [3.63, 3.8) is 0 Å². The Kier molecular flexibility index (Phi) is 3.84. The van der Waals surface area contributed by atoms with E-state index in [1.54, 1.807) is 12.4 Å². The number of para-hydroxylation sites is 2. The van der Waals surface area contributed by atoms with Gasteiger partial charge in [0.25, 0.3) is 5.56 Å². The maximum atomic E-state index is 13.2. The average molecular weight is 432 g/mol. The highest BCUT2D eigenvalue weighted by atomic mass is 79.9. The second-order valence-electron chi connectivity index (χ2n) is 6.39. The lowest BCUT2D eigenvalue weighted by Gasteiger charge is -2.07. The van der Waals surface area contributed by atoms with Gasteiger partial charge in [-0.2, -0.15) is 0 Å². The number of nitrogens with zero attached hydrogens (tertiary/aromatic N) is 5. The minimum Gasteiger partial charge on any atom is -0.295 e. The number of hydrogen-bond acceptors (Lipinski definition) is 4. The number of rotatable bonds is 3. The van der Waals surface area contributed by atoms with E-state index in [-0.39, 0.29) is 5.56 Å². The van der Waals surface area contributed by atoms with Crippen LogP contribution in [0.15, 0.2) is 76.8 Å². The first-order valence-electron chi connectivity index (χ1n) is 8.70. The lowest BCUT2D eigenvalue weighted by molar-refractivity contribution is 0.766. The summed E-state index contributed by atoms with van der Waals surface area (Å²) in [6.45, 7) is 4.10. The Morgan fingerprint density at radius 2 is 1.71 bits per heavy atom. The van der Waals surface area contributed by atoms with Crippen LogP contribution in [-0.4, -0.2) is 24.1 Å². The fourth-order valence-corrected chi connectivity index (χ4v) is 3.64. The van der Waals surface area contributed by atoms with E-state index in [2.05, 4.69) is 27.5 Å². The van der Waals surface area contributed by atoms with E-state index in [0.29, 0.717) is 28.7 Å². The van der Waals surface area contributed by atoms with Crippen molar-refractivity contribution < 1.29 is 0 Å². The summed E-state index contributed by atoms with van der Waals surface area (Å²) < 4.78 is 4.38. The highest BCUT2D eigenvalue weighted by Gasteiger charge is 2.20. The van der Waals surface area contributed by atoms with Crippen molar-refractivity contribution in [1.29, 1.82) is 0 Å². The third-order valence-corrected chi connectivity index (χ3v) is 5.17. The van der Waals surface area contributed by atoms with Gasteiger partial charge in [-0.3, -0.25) is 13.9 Å². The van der Waals surface area contributed by atoms with Crippen LogP contribution in [0.25, 0.3) is 38.9 Å². The van der Waals surface area contributed by atoms with Gasteiger partial charge in [0, 0.05) is 16.7 Å². The maximum Gasteiger partial charge on any atom is 0.265 e. The number of allylic oxidation sites excluding steroid dienone is 1. The van der Waals surface area contributed by atoms with E-state index < -0.39 is 0 Å². The Hall–Kier alpha value is -3.32. The van der Waals surface area contributed by atoms with Crippen LogP contribution in [0.4, 0.5) is 0 Å². The molecule has 0 atom stereocenters. The van der Waals surface area contributed by atoms with Crippen molar-refractivity contribution >= 4 is 49.2 Å². The summed E-state index contributed by atoms with van der Waals surface area (Å²) in [6, 6.07) is 15.4. The smallest absolute Gasteiger partial charge is 0.265 e. The SMILES string of the molecule is C=CCn1cnc2c(c1=O)c1nc3ccccc3nc1n2-c1ccc(Br)cc1. The van der Waals surface area contributed by atoms with Gasteiger partial charge in [0.1, 0.15) is 17.2 Å². The second kappa shape index (κ2) is 6.38. The second-order valence-corrected chi connectivity index (χ2v) is 7.30. The van der Waals surface area contributed by atoms with Gasteiger partial charge in [0.05, 0.1) is 11.0 Å². The Bertz CT molecular complexity index is 1430. The molecule has 136 valence electrons. The Balaban J connectivity index is 1.99. The van der Waals surface area contributed by atoms with Gasteiger partial charge < -0.3 is 0 Å². The summed E-state index contributed by atoms with van der Waals surface area (Å²) in [5.41, 5.74) is 3.91. The molecule has 0 unspecified atom stereocenters. The first-order valence-corrected chi connectivity index (χ1v) is 9.50. The Morgan fingerprint density at radius 1 is 1.00 bits per heavy atom. The minimum absolute atomic E-state index is 0.157. The van der Waals surface area contributed by atoms with E-state index in [1.165, 1.54) is 4.57 Å². The Morgan fingerprint density at radius 3 is 2.43 bits per heavy atom. The van der Waals surface area contributed by atoms with E-state index >= 15 is 0 Å². The molecule has 0 saturated carbocycles. The number of aromatic nitrogens is 5. The number of benzene rings is 2. The van der Waals surface area contributed by atoms with Crippen molar-refractivity contribution in [2.45, 2.75) is 6.54 Å². The van der Waals surface area contributed by atoms with Crippen molar-refractivity contribution in [2.75, 3.05) is 0 Å². The zero-order chi connectivity index (χ0) is 19.3. The zero-order valence-corrected chi connectivity index (χ0v) is 16.3. The number of hydrogen-bond donors (Lipinski definition) is 0. The van der Waals surface area contributed by atoms with Gasteiger partial charge >= 0.3 is 0 Å². The van der Waals surface area contributed by atoms with Gasteiger partial charge in [0.15, 0.2) is 11.3 Å². The lowest BCUT2D eigenvalue weighted by Crippen LogP contribution is -2.20. The molecule has 0 spiro atoms. The summed E-state index contributed by atoms with van der Waals surface area (Å²) in [6.07, 6.45) is 3.21. The van der Waals surface area contributed by atoms with Crippen LogP contribution >= 0.6 is 15.9 Å². The van der Waals surface area contributed by atoms with Crippen molar-refractivity contribution in [1.82, 2.24) is 24.1 Å². The fourth-order valence-electron chi connectivity index (χ4n) is 3.38. The fraction of sp³-hybridized carbons (Fsp3) is 0.0476. The molecule has 5 rings (SSSR count). The normalized spacial score (nSPS) is 11.5. The first kappa shape index (κ1) is 16.8. The summed E-state index contributed by atoms with van der Waals surface area (Å²) >= 11 is 3.46. The zero-order valence-electron chi connectivity index (χ0n) is 14.7. The van der Waals surface area contributed by atoms with Crippen molar-refractivity contribution in [3.8, 4) is 5.69 Å².